The van der Waals surface area contributed by atoms with Crippen LogP contribution >= 0.6 is 11.8 Å². The SMILES string of the molecule is CCOC(=O)CCCCCC1NC(=O)CCS1. The van der Waals surface area contributed by atoms with Gasteiger partial charge in [0, 0.05) is 18.6 Å². The molecule has 0 bridgehead atoms. The molecule has 0 spiro atoms. The highest BCUT2D eigenvalue weighted by Crippen LogP contribution is 2.20. The van der Waals surface area contributed by atoms with Crippen molar-refractivity contribution in [1.29, 1.82) is 0 Å². The zero-order valence-corrected chi connectivity index (χ0v) is 11.2. The number of nitrogens with one attached hydrogen (secondary N) is 1. The Balaban J connectivity index is 1.96. The molecule has 1 fully saturated rings. The minimum Gasteiger partial charge on any atom is -0.466 e. The van der Waals surface area contributed by atoms with Gasteiger partial charge in [0.15, 0.2) is 0 Å². The Bertz CT molecular complexity index is 258. The lowest BCUT2D eigenvalue weighted by Crippen LogP contribution is -2.36. The van der Waals surface area contributed by atoms with Gasteiger partial charge in [0.1, 0.15) is 0 Å². The number of carbonyl (C=O) groups excluding carboxylic acids is 2. The lowest BCUT2D eigenvalue weighted by molar-refractivity contribution is -0.143. The first-order valence-electron chi connectivity index (χ1n) is 6.29. The molecule has 0 aliphatic carbocycles. The fourth-order valence-corrected chi connectivity index (χ4v) is 2.89. The standard InChI is InChI=1S/C12H21NO3S/c1-2-16-12(15)7-5-3-4-6-11-13-10(14)8-9-17-11/h11H,2-9H2,1H3,(H,13,14). The van der Waals surface area contributed by atoms with Crippen molar-refractivity contribution in [1.82, 2.24) is 5.32 Å². The van der Waals surface area contributed by atoms with E-state index < -0.39 is 0 Å². The first kappa shape index (κ1) is 14.4. The van der Waals surface area contributed by atoms with E-state index in [1.807, 2.05) is 18.7 Å². The highest BCUT2D eigenvalue weighted by molar-refractivity contribution is 8.00. The topological polar surface area (TPSA) is 55.4 Å². The molecule has 0 radical (unpaired) electrons. The van der Waals surface area contributed by atoms with E-state index in [2.05, 4.69) is 5.32 Å². The number of hydrogen-bond acceptors (Lipinski definition) is 4. The molecule has 1 atom stereocenters. The summed E-state index contributed by atoms with van der Waals surface area (Å²) in [5.74, 6) is 0.993. The molecule has 98 valence electrons. The van der Waals surface area contributed by atoms with Gasteiger partial charge in [-0.25, -0.2) is 0 Å². The van der Waals surface area contributed by atoms with Crippen LogP contribution in [0.1, 0.15) is 45.4 Å². The van der Waals surface area contributed by atoms with Crippen LogP contribution in [0.2, 0.25) is 0 Å². The van der Waals surface area contributed by atoms with Crippen LogP contribution in [0.5, 0.6) is 0 Å². The van der Waals surface area contributed by atoms with Crippen molar-refractivity contribution >= 4 is 23.6 Å². The molecule has 5 heteroatoms. The molecule has 1 saturated heterocycles. The molecule has 4 nitrogen and oxygen atoms in total. The maximum absolute atomic E-state index is 11.1. The molecular weight excluding hydrogens is 238 g/mol. The molecule has 1 heterocycles. The predicted octanol–water partition coefficient (Wildman–Crippen LogP) is 2.08. The number of unbranched alkanes of at least 4 members (excludes halogenated alkanes) is 2. The Morgan fingerprint density at radius 2 is 2.29 bits per heavy atom. The third-order valence-corrected chi connectivity index (χ3v) is 3.82. The average molecular weight is 259 g/mol. The van der Waals surface area contributed by atoms with E-state index in [1.54, 1.807) is 0 Å². The summed E-state index contributed by atoms with van der Waals surface area (Å²) in [7, 11) is 0. The highest BCUT2D eigenvalue weighted by Gasteiger charge is 2.17. The van der Waals surface area contributed by atoms with Crippen LogP contribution in [-0.2, 0) is 14.3 Å². The minimum atomic E-state index is -0.104. The molecule has 0 aromatic rings. The van der Waals surface area contributed by atoms with Gasteiger partial charge in [-0.05, 0) is 19.8 Å². The Morgan fingerprint density at radius 1 is 1.47 bits per heavy atom. The smallest absolute Gasteiger partial charge is 0.305 e. The lowest BCUT2D eigenvalue weighted by Gasteiger charge is -2.22. The summed E-state index contributed by atoms with van der Waals surface area (Å²) in [5, 5.41) is 3.25. The van der Waals surface area contributed by atoms with Gasteiger partial charge in [-0.1, -0.05) is 12.8 Å². The second-order valence-corrected chi connectivity index (χ2v) is 5.39. The fraction of sp³-hybridized carbons (Fsp3) is 0.833. The van der Waals surface area contributed by atoms with E-state index >= 15 is 0 Å². The summed E-state index contributed by atoms with van der Waals surface area (Å²) in [4.78, 5) is 22.2. The van der Waals surface area contributed by atoms with Gasteiger partial charge in [0.2, 0.25) is 5.91 Å². The van der Waals surface area contributed by atoms with Crippen molar-refractivity contribution in [3.05, 3.63) is 0 Å². The molecular formula is C12H21NO3S. The van der Waals surface area contributed by atoms with E-state index in [1.165, 1.54) is 0 Å². The average Bonchev–Trinajstić information content (AvgIpc) is 2.29. The molecule has 1 aliphatic heterocycles. The van der Waals surface area contributed by atoms with Crippen molar-refractivity contribution in [2.75, 3.05) is 12.4 Å². The summed E-state index contributed by atoms with van der Waals surface area (Å²) in [5.41, 5.74) is 0. The van der Waals surface area contributed by atoms with Gasteiger partial charge in [-0.15, -0.1) is 11.8 Å². The number of ether oxygens (including phenoxy) is 1. The summed E-state index contributed by atoms with van der Waals surface area (Å²) in [6, 6.07) is 0. The Kier molecular flexibility index (Phi) is 7.08. The Labute approximate surface area is 107 Å². The lowest BCUT2D eigenvalue weighted by atomic mass is 10.1. The normalized spacial score (nSPS) is 19.8. The van der Waals surface area contributed by atoms with Crippen molar-refractivity contribution in [3.63, 3.8) is 0 Å². The monoisotopic (exact) mass is 259 g/mol. The van der Waals surface area contributed by atoms with E-state index in [-0.39, 0.29) is 17.3 Å². The van der Waals surface area contributed by atoms with Crippen LogP contribution in [0.15, 0.2) is 0 Å². The fourth-order valence-electron chi connectivity index (χ4n) is 1.75. The van der Waals surface area contributed by atoms with E-state index in [9.17, 15) is 9.59 Å². The highest BCUT2D eigenvalue weighted by atomic mass is 32.2. The van der Waals surface area contributed by atoms with Crippen LogP contribution in [0.3, 0.4) is 0 Å². The number of hydrogen-bond donors (Lipinski definition) is 1. The summed E-state index contributed by atoms with van der Waals surface area (Å²) in [6.45, 7) is 2.28. The first-order valence-corrected chi connectivity index (χ1v) is 7.34. The zero-order valence-electron chi connectivity index (χ0n) is 10.4. The Morgan fingerprint density at radius 3 is 3.00 bits per heavy atom. The number of amides is 1. The molecule has 17 heavy (non-hydrogen) atoms. The van der Waals surface area contributed by atoms with Gasteiger partial charge in [0.25, 0.3) is 0 Å². The minimum absolute atomic E-state index is 0.104. The molecule has 1 unspecified atom stereocenters. The van der Waals surface area contributed by atoms with Gasteiger partial charge in [0.05, 0.1) is 12.0 Å². The van der Waals surface area contributed by atoms with Crippen molar-refractivity contribution < 1.29 is 14.3 Å². The molecule has 0 saturated carbocycles. The van der Waals surface area contributed by atoms with E-state index in [0.717, 1.165) is 31.4 Å². The summed E-state index contributed by atoms with van der Waals surface area (Å²) < 4.78 is 4.85. The maximum atomic E-state index is 11.1. The third-order valence-electron chi connectivity index (χ3n) is 2.62. The van der Waals surface area contributed by atoms with E-state index in [4.69, 9.17) is 4.74 Å². The number of rotatable bonds is 7. The molecule has 0 aromatic heterocycles. The molecule has 1 rings (SSSR count). The zero-order chi connectivity index (χ0) is 12.5. The summed E-state index contributed by atoms with van der Waals surface area (Å²) in [6.07, 6.45) is 5.11. The van der Waals surface area contributed by atoms with Crippen LogP contribution in [0.25, 0.3) is 0 Å². The van der Waals surface area contributed by atoms with Crippen LogP contribution < -0.4 is 5.32 Å². The Hall–Kier alpha value is -0.710. The van der Waals surface area contributed by atoms with Crippen molar-refractivity contribution in [2.24, 2.45) is 0 Å². The third kappa shape index (κ3) is 6.56. The molecule has 1 N–H and O–H groups in total. The molecule has 0 aromatic carbocycles. The molecule has 1 aliphatic rings. The number of carbonyl (C=O) groups is 2. The van der Waals surface area contributed by atoms with Gasteiger partial charge < -0.3 is 10.1 Å². The largest absolute Gasteiger partial charge is 0.466 e. The van der Waals surface area contributed by atoms with E-state index in [0.29, 0.717) is 19.4 Å². The van der Waals surface area contributed by atoms with Crippen molar-refractivity contribution in [2.45, 2.75) is 50.8 Å². The first-order chi connectivity index (χ1) is 8.22. The van der Waals surface area contributed by atoms with Crippen LogP contribution in [0.4, 0.5) is 0 Å². The van der Waals surface area contributed by atoms with Crippen molar-refractivity contribution in [3.8, 4) is 0 Å². The van der Waals surface area contributed by atoms with Crippen LogP contribution in [0, 0.1) is 0 Å². The predicted molar refractivity (Wildman–Crippen MR) is 68.7 cm³/mol. The maximum Gasteiger partial charge on any atom is 0.305 e. The molecule has 1 amide bonds. The number of esters is 1. The summed E-state index contributed by atoms with van der Waals surface area (Å²) >= 11 is 1.82. The van der Waals surface area contributed by atoms with Gasteiger partial charge in [-0.2, -0.15) is 0 Å². The van der Waals surface area contributed by atoms with Gasteiger partial charge >= 0.3 is 5.97 Å². The van der Waals surface area contributed by atoms with Crippen LogP contribution in [-0.4, -0.2) is 29.6 Å². The quantitative estimate of drug-likeness (QED) is 0.562. The number of thioether (sulfide) groups is 1. The van der Waals surface area contributed by atoms with Gasteiger partial charge in [-0.3, -0.25) is 9.59 Å². The second-order valence-electron chi connectivity index (χ2n) is 4.08. The second kappa shape index (κ2) is 8.39.